The van der Waals surface area contributed by atoms with Crippen LogP contribution >= 0.6 is 0 Å². The van der Waals surface area contributed by atoms with Crippen molar-refractivity contribution in [3.05, 3.63) is 0 Å². The molecule has 4 heteroatoms. The topological polar surface area (TPSA) is 6.48 Å². The number of hydrogen-bond acceptors (Lipinski definition) is 2. The zero-order valence-electron chi connectivity index (χ0n) is 13.0. The molecule has 0 aromatic carbocycles. The molecule has 0 saturated carbocycles. The molecule has 2 heterocycles. The van der Waals surface area contributed by atoms with Gasteiger partial charge in [-0.1, -0.05) is 34.1 Å². The van der Waals surface area contributed by atoms with Crippen LogP contribution in [-0.4, -0.2) is 54.5 Å². The first-order valence-electron chi connectivity index (χ1n) is 7.91. The SMILES string of the molecule is CC.CCC1CCN(C2CCN(CC)CC2(F)F)C1. The van der Waals surface area contributed by atoms with Gasteiger partial charge in [0.25, 0.3) is 5.92 Å². The highest BCUT2D eigenvalue weighted by atomic mass is 19.3. The Hall–Kier alpha value is -0.220. The first kappa shape index (κ1) is 16.8. The first-order chi connectivity index (χ1) is 9.06. The number of piperidine rings is 1. The third-order valence-electron chi connectivity index (χ3n) is 4.42. The molecule has 2 rings (SSSR count). The lowest BCUT2D eigenvalue weighted by molar-refractivity contribution is -0.122. The van der Waals surface area contributed by atoms with Gasteiger partial charge < -0.3 is 0 Å². The van der Waals surface area contributed by atoms with Gasteiger partial charge in [-0.15, -0.1) is 0 Å². The standard InChI is InChI=1S/C13H24F2N2.C2H6/c1-3-11-5-8-17(9-11)12-6-7-16(4-2)10-13(12,14)15;1-2/h11-12H,3-10H2,1-2H3;1-2H3. The van der Waals surface area contributed by atoms with Gasteiger partial charge >= 0.3 is 0 Å². The lowest BCUT2D eigenvalue weighted by Gasteiger charge is -2.42. The predicted molar refractivity (Wildman–Crippen MR) is 76.8 cm³/mol. The van der Waals surface area contributed by atoms with E-state index in [-0.39, 0.29) is 6.54 Å². The number of hydrogen-bond donors (Lipinski definition) is 0. The predicted octanol–water partition coefficient (Wildman–Crippen LogP) is 3.47. The van der Waals surface area contributed by atoms with Crippen LogP contribution in [0.15, 0.2) is 0 Å². The van der Waals surface area contributed by atoms with E-state index in [1.807, 2.05) is 30.6 Å². The minimum Gasteiger partial charge on any atom is -0.298 e. The van der Waals surface area contributed by atoms with Gasteiger partial charge in [-0.2, -0.15) is 0 Å². The molecule has 2 aliphatic rings. The molecule has 0 aliphatic carbocycles. The zero-order valence-corrected chi connectivity index (χ0v) is 13.0. The number of likely N-dealkylation sites (tertiary alicyclic amines) is 2. The zero-order chi connectivity index (χ0) is 14.5. The summed E-state index contributed by atoms with van der Waals surface area (Å²) in [6, 6.07) is -0.512. The Morgan fingerprint density at radius 2 is 1.79 bits per heavy atom. The summed E-state index contributed by atoms with van der Waals surface area (Å²) in [5, 5.41) is 0. The smallest absolute Gasteiger partial charge is 0.275 e. The molecular weight excluding hydrogens is 246 g/mol. The summed E-state index contributed by atoms with van der Waals surface area (Å²) in [6.45, 7) is 11.4. The van der Waals surface area contributed by atoms with Crippen LogP contribution in [0.5, 0.6) is 0 Å². The Labute approximate surface area is 117 Å². The third-order valence-corrected chi connectivity index (χ3v) is 4.42. The number of rotatable bonds is 3. The molecule has 114 valence electrons. The maximum absolute atomic E-state index is 14.1. The van der Waals surface area contributed by atoms with Crippen LogP contribution in [0.4, 0.5) is 8.78 Å². The summed E-state index contributed by atoms with van der Waals surface area (Å²) in [7, 11) is 0. The second-order valence-electron chi connectivity index (χ2n) is 5.49. The average Bonchev–Trinajstić information content (AvgIpc) is 2.88. The second kappa shape index (κ2) is 7.53. The minimum absolute atomic E-state index is 0.0541. The summed E-state index contributed by atoms with van der Waals surface area (Å²) in [4.78, 5) is 3.91. The highest BCUT2D eigenvalue weighted by molar-refractivity contribution is 4.95. The molecule has 2 atom stereocenters. The van der Waals surface area contributed by atoms with E-state index in [9.17, 15) is 8.78 Å². The summed E-state index contributed by atoms with van der Waals surface area (Å²) in [5.41, 5.74) is 0. The van der Waals surface area contributed by atoms with Crippen LogP contribution < -0.4 is 0 Å². The normalized spacial score (nSPS) is 31.9. The van der Waals surface area contributed by atoms with E-state index >= 15 is 0 Å². The number of nitrogens with zero attached hydrogens (tertiary/aromatic N) is 2. The Bertz CT molecular complexity index is 259. The lowest BCUT2D eigenvalue weighted by atomic mass is 9.99. The van der Waals surface area contributed by atoms with Crippen LogP contribution in [-0.2, 0) is 0 Å². The van der Waals surface area contributed by atoms with Gasteiger partial charge in [0.1, 0.15) is 0 Å². The monoisotopic (exact) mass is 276 g/mol. The lowest BCUT2D eigenvalue weighted by Crippen LogP contribution is -2.57. The fraction of sp³-hybridized carbons (Fsp3) is 1.00. The van der Waals surface area contributed by atoms with Crippen molar-refractivity contribution in [2.45, 2.75) is 58.9 Å². The number of alkyl halides is 2. The van der Waals surface area contributed by atoms with Gasteiger partial charge in [0.15, 0.2) is 0 Å². The molecule has 2 saturated heterocycles. The van der Waals surface area contributed by atoms with Crippen molar-refractivity contribution in [2.24, 2.45) is 5.92 Å². The molecule has 2 aliphatic heterocycles. The minimum atomic E-state index is -2.53. The Kier molecular flexibility index (Phi) is 6.67. The molecule has 0 spiro atoms. The number of halogens is 2. The average molecular weight is 276 g/mol. The molecule has 2 unspecified atom stereocenters. The molecule has 0 aromatic heterocycles. The Morgan fingerprint density at radius 1 is 1.11 bits per heavy atom. The van der Waals surface area contributed by atoms with Gasteiger partial charge in [0.05, 0.1) is 12.6 Å². The van der Waals surface area contributed by atoms with Crippen LogP contribution in [0, 0.1) is 5.92 Å². The van der Waals surface area contributed by atoms with E-state index in [1.165, 1.54) is 0 Å². The summed E-state index contributed by atoms with van der Waals surface area (Å²) >= 11 is 0. The van der Waals surface area contributed by atoms with Crippen LogP contribution in [0.1, 0.15) is 47.0 Å². The van der Waals surface area contributed by atoms with E-state index in [4.69, 9.17) is 0 Å². The molecular formula is C15H30F2N2. The fourth-order valence-electron chi connectivity index (χ4n) is 3.20. The maximum Gasteiger partial charge on any atom is 0.275 e. The molecule has 0 radical (unpaired) electrons. The molecule has 0 aromatic rings. The highest BCUT2D eigenvalue weighted by Crippen LogP contribution is 2.34. The van der Waals surface area contributed by atoms with E-state index in [0.29, 0.717) is 12.3 Å². The van der Waals surface area contributed by atoms with Crippen molar-refractivity contribution in [2.75, 3.05) is 32.7 Å². The van der Waals surface area contributed by atoms with E-state index in [1.54, 1.807) is 0 Å². The molecule has 0 N–H and O–H groups in total. The van der Waals surface area contributed by atoms with Gasteiger partial charge in [-0.3, -0.25) is 9.80 Å². The van der Waals surface area contributed by atoms with Crippen LogP contribution in [0.2, 0.25) is 0 Å². The van der Waals surface area contributed by atoms with Gasteiger partial charge in [0.2, 0.25) is 0 Å². The summed E-state index contributed by atoms with van der Waals surface area (Å²) in [6.07, 6.45) is 2.84. The molecule has 0 amide bonds. The first-order valence-corrected chi connectivity index (χ1v) is 7.91. The molecule has 2 fully saturated rings. The van der Waals surface area contributed by atoms with Gasteiger partial charge in [0, 0.05) is 13.1 Å². The van der Waals surface area contributed by atoms with Crippen molar-refractivity contribution >= 4 is 0 Å². The van der Waals surface area contributed by atoms with E-state index in [0.717, 1.165) is 39.0 Å². The summed E-state index contributed by atoms with van der Waals surface area (Å²) < 4.78 is 28.2. The second-order valence-corrected chi connectivity index (χ2v) is 5.49. The van der Waals surface area contributed by atoms with Crippen molar-refractivity contribution in [1.29, 1.82) is 0 Å². The quantitative estimate of drug-likeness (QED) is 0.779. The Morgan fingerprint density at radius 3 is 2.26 bits per heavy atom. The molecule has 0 bridgehead atoms. The highest BCUT2D eigenvalue weighted by Gasteiger charge is 2.48. The van der Waals surface area contributed by atoms with Crippen LogP contribution in [0.3, 0.4) is 0 Å². The van der Waals surface area contributed by atoms with Crippen LogP contribution in [0.25, 0.3) is 0 Å². The fourth-order valence-corrected chi connectivity index (χ4v) is 3.20. The van der Waals surface area contributed by atoms with E-state index < -0.39 is 12.0 Å². The maximum atomic E-state index is 14.1. The third kappa shape index (κ3) is 4.12. The van der Waals surface area contributed by atoms with Crippen molar-refractivity contribution in [3.63, 3.8) is 0 Å². The van der Waals surface area contributed by atoms with Crippen molar-refractivity contribution in [1.82, 2.24) is 9.80 Å². The largest absolute Gasteiger partial charge is 0.298 e. The summed E-state index contributed by atoms with van der Waals surface area (Å²) in [5.74, 6) is -1.90. The molecule has 2 nitrogen and oxygen atoms in total. The van der Waals surface area contributed by atoms with Gasteiger partial charge in [-0.05, 0) is 31.8 Å². The van der Waals surface area contributed by atoms with Crippen molar-refractivity contribution < 1.29 is 8.78 Å². The van der Waals surface area contributed by atoms with E-state index in [2.05, 4.69) is 6.92 Å². The molecule has 19 heavy (non-hydrogen) atoms. The van der Waals surface area contributed by atoms with Gasteiger partial charge in [-0.25, -0.2) is 8.78 Å². The Balaban J connectivity index is 0.000000861. The van der Waals surface area contributed by atoms with Crippen molar-refractivity contribution in [3.8, 4) is 0 Å².